The van der Waals surface area contributed by atoms with E-state index in [1.807, 2.05) is 12.4 Å². The molecule has 1 aliphatic carbocycles. The quantitative estimate of drug-likeness (QED) is 0.314. The van der Waals surface area contributed by atoms with Crippen LogP contribution in [-0.4, -0.2) is 68.5 Å². The van der Waals surface area contributed by atoms with Crippen molar-refractivity contribution >= 4 is 0 Å². The van der Waals surface area contributed by atoms with Crippen LogP contribution in [0.15, 0.2) is 49.1 Å². The highest BCUT2D eigenvalue weighted by atomic mass is 15.2. The van der Waals surface area contributed by atoms with Crippen LogP contribution in [0.1, 0.15) is 74.1 Å². The zero-order valence-electron chi connectivity index (χ0n) is 24.5. The minimum absolute atomic E-state index is 0.541. The smallest absolute Gasteiger partial charge is 0.107 e. The second-order valence-electron chi connectivity index (χ2n) is 13.0. The number of nitrogens with one attached hydrogen (secondary N) is 3. The SMILES string of the molecule is N#CC(CNCc1ccc(CN2CCC3(CCN(C4CCCCC4)CC3)C2)cc1)(Cc1ncc[nH]1)Cc1ncc[nH]1. The number of H-pyrrole nitrogens is 2. The third-order valence-electron chi connectivity index (χ3n) is 10.0. The van der Waals surface area contributed by atoms with E-state index in [-0.39, 0.29) is 0 Å². The molecule has 2 saturated heterocycles. The van der Waals surface area contributed by atoms with E-state index in [4.69, 9.17) is 0 Å². The first-order chi connectivity index (χ1) is 20.1. The van der Waals surface area contributed by atoms with Gasteiger partial charge in [-0.25, -0.2) is 9.97 Å². The molecule has 1 aromatic carbocycles. The number of aromatic amines is 2. The fourth-order valence-electron chi connectivity index (χ4n) is 7.58. The van der Waals surface area contributed by atoms with E-state index in [1.54, 1.807) is 12.4 Å². The Kier molecular flexibility index (Phi) is 8.85. The number of aromatic nitrogens is 4. The van der Waals surface area contributed by atoms with E-state index in [2.05, 4.69) is 65.4 Å². The number of hydrogen-bond donors (Lipinski definition) is 3. The minimum atomic E-state index is -0.645. The summed E-state index contributed by atoms with van der Waals surface area (Å²) in [4.78, 5) is 20.6. The summed E-state index contributed by atoms with van der Waals surface area (Å²) in [5, 5.41) is 13.8. The molecule has 218 valence electrons. The average molecular weight is 555 g/mol. The molecule has 0 amide bonds. The zero-order valence-corrected chi connectivity index (χ0v) is 24.5. The molecule has 8 nitrogen and oxygen atoms in total. The Bertz CT molecular complexity index is 1190. The molecule has 41 heavy (non-hydrogen) atoms. The summed E-state index contributed by atoms with van der Waals surface area (Å²) in [6.45, 7) is 7.45. The summed E-state index contributed by atoms with van der Waals surface area (Å²) < 4.78 is 0. The van der Waals surface area contributed by atoms with Crippen LogP contribution < -0.4 is 5.32 Å². The maximum atomic E-state index is 10.2. The average Bonchev–Trinajstić information content (AvgIpc) is 3.79. The van der Waals surface area contributed by atoms with Crippen molar-refractivity contribution in [1.82, 2.24) is 35.1 Å². The predicted molar refractivity (Wildman–Crippen MR) is 161 cm³/mol. The highest BCUT2D eigenvalue weighted by Gasteiger charge is 2.41. The van der Waals surface area contributed by atoms with Gasteiger partial charge in [0.25, 0.3) is 0 Å². The van der Waals surface area contributed by atoms with Gasteiger partial charge >= 0.3 is 0 Å². The summed E-state index contributed by atoms with van der Waals surface area (Å²) in [5.41, 5.74) is 2.54. The topological polar surface area (TPSA) is 99.7 Å². The molecule has 4 heterocycles. The summed E-state index contributed by atoms with van der Waals surface area (Å²) in [6, 6.07) is 12.5. The molecular formula is C33H46N8. The van der Waals surface area contributed by atoms with Gasteiger partial charge < -0.3 is 20.2 Å². The van der Waals surface area contributed by atoms with Crippen LogP contribution in [0.25, 0.3) is 0 Å². The fraction of sp³-hybridized carbons (Fsp3) is 0.606. The van der Waals surface area contributed by atoms with E-state index in [0.717, 1.165) is 30.8 Å². The van der Waals surface area contributed by atoms with Crippen molar-refractivity contribution < 1.29 is 0 Å². The molecule has 0 atom stereocenters. The predicted octanol–water partition coefficient (Wildman–Crippen LogP) is 4.84. The van der Waals surface area contributed by atoms with Gasteiger partial charge in [0.05, 0.1) is 11.5 Å². The number of nitriles is 1. The number of benzene rings is 1. The standard InChI is InChI=1S/C33H46N8/c34-24-33(20-30-36-13-14-37-30,21-31-38-15-16-39-31)25-35-22-27-6-8-28(9-7-27)23-40-17-10-32(26-40)11-18-41(19-12-32)29-4-2-1-3-5-29/h6-9,13-16,29,35H,1-5,10-12,17-23,25-26H2,(H,36,37)(H,38,39). The van der Waals surface area contributed by atoms with Crippen molar-refractivity contribution in [2.45, 2.75) is 83.3 Å². The number of rotatable bonds is 11. The number of nitrogens with zero attached hydrogens (tertiary/aromatic N) is 5. The molecule has 6 rings (SSSR count). The van der Waals surface area contributed by atoms with Crippen LogP contribution in [0, 0.1) is 22.2 Å². The van der Waals surface area contributed by atoms with Gasteiger partial charge in [0.15, 0.2) is 0 Å². The van der Waals surface area contributed by atoms with Gasteiger partial charge in [-0.05, 0) is 68.3 Å². The lowest BCUT2D eigenvalue weighted by molar-refractivity contribution is 0.0615. The molecule has 1 saturated carbocycles. The molecule has 3 N–H and O–H groups in total. The Morgan fingerprint density at radius 1 is 0.902 bits per heavy atom. The largest absolute Gasteiger partial charge is 0.349 e. The van der Waals surface area contributed by atoms with Crippen molar-refractivity contribution in [3.05, 3.63) is 71.8 Å². The maximum absolute atomic E-state index is 10.2. The molecule has 2 aliphatic heterocycles. The lowest BCUT2D eigenvalue weighted by atomic mass is 9.77. The van der Waals surface area contributed by atoms with Crippen LogP contribution >= 0.6 is 0 Å². The van der Waals surface area contributed by atoms with Crippen molar-refractivity contribution in [3.63, 3.8) is 0 Å². The maximum Gasteiger partial charge on any atom is 0.107 e. The van der Waals surface area contributed by atoms with Gasteiger partial charge in [0.1, 0.15) is 11.6 Å². The van der Waals surface area contributed by atoms with Crippen LogP contribution in [0.2, 0.25) is 0 Å². The molecule has 3 fully saturated rings. The van der Waals surface area contributed by atoms with Gasteiger partial charge in [0.2, 0.25) is 0 Å². The summed E-state index contributed by atoms with van der Waals surface area (Å²) in [6.07, 6.45) is 19.5. The summed E-state index contributed by atoms with van der Waals surface area (Å²) in [5.74, 6) is 1.64. The molecule has 1 spiro atoms. The normalized spacial score (nSPS) is 20.5. The van der Waals surface area contributed by atoms with E-state index in [9.17, 15) is 5.26 Å². The second kappa shape index (κ2) is 12.9. The van der Waals surface area contributed by atoms with Crippen molar-refractivity contribution in [3.8, 4) is 6.07 Å². The van der Waals surface area contributed by atoms with Crippen LogP contribution in [0.3, 0.4) is 0 Å². The number of imidazole rings is 2. The Morgan fingerprint density at radius 2 is 1.54 bits per heavy atom. The number of likely N-dealkylation sites (tertiary alicyclic amines) is 2. The summed E-state index contributed by atoms with van der Waals surface area (Å²) >= 11 is 0. The van der Waals surface area contributed by atoms with E-state index >= 15 is 0 Å². The van der Waals surface area contributed by atoms with Gasteiger partial charge in [0, 0.05) is 69.8 Å². The van der Waals surface area contributed by atoms with E-state index in [0.29, 0.717) is 24.8 Å². The third kappa shape index (κ3) is 7.09. The number of piperidine rings is 1. The molecule has 3 aliphatic rings. The molecule has 2 aromatic heterocycles. The highest BCUT2D eigenvalue weighted by molar-refractivity contribution is 5.23. The van der Waals surface area contributed by atoms with Gasteiger partial charge in [-0.15, -0.1) is 0 Å². The first-order valence-corrected chi connectivity index (χ1v) is 15.8. The zero-order chi connectivity index (χ0) is 28.0. The van der Waals surface area contributed by atoms with Gasteiger partial charge in [-0.3, -0.25) is 4.90 Å². The first kappa shape index (κ1) is 28.1. The van der Waals surface area contributed by atoms with Gasteiger partial charge in [-0.1, -0.05) is 43.5 Å². The molecule has 0 unspecified atom stereocenters. The lowest BCUT2D eigenvalue weighted by Crippen LogP contribution is -2.46. The van der Waals surface area contributed by atoms with Crippen LogP contribution in [0.5, 0.6) is 0 Å². The van der Waals surface area contributed by atoms with E-state index in [1.165, 1.54) is 88.7 Å². The Labute approximate surface area is 245 Å². The summed E-state index contributed by atoms with van der Waals surface area (Å²) in [7, 11) is 0. The minimum Gasteiger partial charge on any atom is -0.349 e. The Morgan fingerprint density at radius 3 is 2.15 bits per heavy atom. The molecule has 3 aromatic rings. The van der Waals surface area contributed by atoms with Crippen LogP contribution in [0.4, 0.5) is 0 Å². The van der Waals surface area contributed by atoms with Crippen molar-refractivity contribution in [2.24, 2.45) is 10.8 Å². The molecule has 0 radical (unpaired) electrons. The second-order valence-corrected chi connectivity index (χ2v) is 13.0. The highest BCUT2D eigenvalue weighted by Crippen LogP contribution is 2.42. The molecular weight excluding hydrogens is 508 g/mol. The molecule has 8 heteroatoms. The number of hydrogen-bond acceptors (Lipinski definition) is 6. The van der Waals surface area contributed by atoms with Gasteiger partial charge in [-0.2, -0.15) is 5.26 Å². The first-order valence-electron chi connectivity index (χ1n) is 15.8. The van der Waals surface area contributed by atoms with Crippen molar-refractivity contribution in [2.75, 3.05) is 32.7 Å². The Hall–Kier alpha value is -2.99. The monoisotopic (exact) mass is 554 g/mol. The van der Waals surface area contributed by atoms with Crippen LogP contribution in [-0.2, 0) is 25.9 Å². The lowest BCUT2D eigenvalue weighted by Gasteiger charge is -2.43. The fourth-order valence-corrected chi connectivity index (χ4v) is 7.58. The third-order valence-corrected chi connectivity index (χ3v) is 10.0. The van der Waals surface area contributed by atoms with E-state index < -0.39 is 5.41 Å². The molecule has 0 bridgehead atoms. The van der Waals surface area contributed by atoms with Crippen molar-refractivity contribution in [1.29, 1.82) is 5.26 Å². The Balaban J connectivity index is 0.979.